The maximum atomic E-state index is 12.1. The van der Waals surface area contributed by atoms with Crippen molar-refractivity contribution in [3.63, 3.8) is 0 Å². The Balaban J connectivity index is 2.08. The number of nitro groups is 1. The Hall–Kier alpha value is -3.27. The number of nitro benzene ring substituents is 1. The van der Waals surface area contributed by atoms with Gasteiger partial charge in [-0.15, -0.1) is 11.3 Å². The molecule has 0 bridgehead atoms. The summed E-state index contributed by atoms with van der Waals surface area (Å²) >= 11 is 1.19. The topological polar surface area (TPSA) is 125 Å². The average Bonchev–Trinajstić information content (AvgIpc) is 2.92. The summed E-state index contributed by atoms with van der Waals surface area (Å²) in [6.45, 7) is 2.85. The van der Waals surface area contributed by atoms with Crippen LogP contribution in [0.4, 0.5) is 10.7 Å². The second-order valence-electron chi connectivity index (χ2n) is 5.38. The van der Waals surface area contributed by atoms with Crippen LogP contribution in [0, 0.1) is 24.0 Å². The first-order valence-electron chi connectivity index (χ1n) is 7.65. The number of ether oxygens (including phenoxy) is 2. The highest BCUT2D eigenvalue weighted by Crippen LogP contribution is 2.32. The van der Waals surface area contributed by atoms with Crippen LogP contribution in [-0.4, -0.2) is 36.5 Å². The molecule has 0 saturated heterocycles. The van der Waals surface area contributed by atoms with Gasteiger partial charge in [-0.25, -0.2) is 9.59 Å². The first-order valence-corrected chi connectivity index (χ1v) is 8.46. The van der Waals surface area contributed by atoms with Crippen LogP contribution in [0.5, 0.6) is 0 Å². The van der Waals surface area contributed by atoms with Gasteiger partial charge in [-0.1, -0.05) is 12.1 Å². The Morgan fingerprint density at radius 3 is 2.48 bits per heavy atom. The van der Waals surface area contributed by atoms with Crippen molar-refractivity contribution in [3.05, 3.63) is 55.9 Å². The highest BCUT2D eigenvalue weighted by atomic mass is 32.1. The normalized spacial score (nSPS) is 10.2. The maximum absolute atomic E-state index is 12.1. The lowest BCUT2D eigenvalue weighted by atomic mass is 10.1. The number of hydrogen-bond acceptors (Lipinski definition) is 8. The molecule has 2 rings (SSSR count). The van der Waals surface area contributed by atoms with Crippen molar-refractivity contribution < 1.29 is 28.8 Å². The van der Waals surface area contributed by atoms with Crippen molar-refractivity contribution in [3.8, 4) is 0 Å². The number of rotatable bonds is 6. The number of amides is 1. The molecule has 142 valence electrons. The Morgan fingerprint density at radius 1 is 1.19 bits per heavy atom. The van der Waals surface area contributed by atoms with E-state index in [1.165, 1.54) is 36.6 Å². The molecule has 1 heterocycles. The van der Waals surface area contributed by atoms with E-state index in [2.05, 4.69) is 5.32 Å². The van der Waals surface area contributed by atoms with Crippen molar-refractivity contribution in [2.24, 2.45) is 0 Å². The summed E-state index contributed by atoms with van der Waals surface area (Å²) in [5, 5.41) is 13.7. The molecule has 0 atom stereocenters. The van der Waals surface area contributed by atoms with Gasteiger partial charge >= 0.3 is 11.9 Å². The molecule has 1 aromatic carbocycles. The Morgan fingerprint density at radius 2 is 1.85 bits per heavy atom. The van der Waals surface area contributed by atoms with Gasteiger partial charge in [-0.3, -0.25) is 14.9 Å². The van der Waals surface area contributed by atoms with Gasteiger partial charge in [0.15, 0.2) is 6.61 Å². The molecule has 0 saturated carbocycles. The Kier molecular flexibility index (Phi) is 6.24. The number of nitrogens with one attached hydrogen (secondary N) is 1. The van der Waals surface area contributed by atoms with E-state index in [0.717, 1.165) is 10.9 Å². The van der Waals surface area contributed by atoms with E-state index in [9.17, 15) is 24.5 Å². The molecule has 9 nitrogen and oxygen atoms in total. The summed E-state index contributed by atoms with van der Waals surface area (Å²) in [4.78, 5) is 47.1. The van der Waals surface area contributed by atoms with Gasteiger partial charge in [0, 0.05) is 10.9 Å². The van der Waals surface area contributed by atoms with Crippen LogP contribution in [0.1, 0.15) is 31.2 Å². The largest absolute Gasteiger partial charge is 0.465 e. The van der Waals surface area contributed by atoms with Crippen LogP contribution in [0.15, 0.2) is 24.3 Å². The van der Waals surface area contributed by atoms with E-state index in [0.29, 0.717) is 5.56 Å². The zero-order chi connectivity index (χ0) is 20.1. The second-order valence-corrected chi connectivity index (χ2v) is 6.60. The molecule has 0 unspecified atom stereocenters. The van der Waals surface area contributed by atoms with Gasteiger partial charge in [-0.2, -0.15) is 0 Å². The standard InChI is InChI=1S/C17H16N2O7S/c1-9-10(2)27-15(14(9)17(22)25-3)18-13(20)8-26-16(21)11-6-4-5-7-12(11)19(23)24/h4-7H,8H2,1-3H3,(H,18,20). The van der Waals surface area contributed by atoms with Crippen LogP contribution >= 0.6 is 11.3 Å². The van der Waals surface area contributed by atoms with E-state index >= 15 is 0 Å². The number of carbonyl (C=O) groups is 3. The van der Waals surface area contributed by atoms with Crippen molar-refractivity contribution in [2.75, 3.05) is 19.0 Å². The molecule has 1 N–H and O–H groups in total. The van der Waals surface area contributed by atoms with Crippen molar-refractivity contribution in [2.45, 2.75) is 13.8 Å². The van der Waals surface area contributed by atoms with Crippen molar-refractivity contribution in [1.29, 1.82) is 0 Å². The van der Waals surface area contributed by atoms with Gasteiger partial charge in [-0.05, 0) is 25.5 Å². The fourth-order valence-corrected chi connectivity index (χ4v) is 3.30. The van der Waals surface area contributed by atoms with E-state index in [4.69, 9.17) is 9.47 Å². The van der Waals surface area contributed by atoms with E-state index < -0.39 is 35.1 Å². The van der Waals surface area contributed by atoms with E-state index in [-0.39, 0.29) is 16.1 Å². The lowest BCUT2D eigenvalue weighted by molar-refractivity contribution is -0.385. The Labute approximate surface area is 158 Å². The zero-order valence-electron chi connectivity index (χ0n) is 14.7. The quantitative estimate of drug-likeness (QED) is 0.455. The monoisotopic (exact) mass is 392 g/mol. The number of hydrogen-bond donors (Lipinski definition) is 1. The number of anilines is 1. The van der Waals surface area contributed by atoms with Gasteiger partial charge in [0.05, 0.1) is 17.6 Å². The molecular formula is C17H16N2O7S. The smallest absolute Gasteiger partial charge is 0.345 e. The fraction of sp³-hybridized carbons (Fsp3) is 0.235. The van der Waals surface area contributed by atoms with E-state index in [1.54, 1.807) is 13.8 Å². The number of para-hydroxylation sites is 1. The molecular weight excluding hydrogens is 376 g/mol. The summed E-state index contributed by atoms with van der Waals surface area (Å²) < 4.78 is 9.56. The van der Waals surface area contributed by atoms with Crippen molar-refractivity contribution >= 4 is 39.9 Å². The minimum absolute atomic E-state index is 0.235. The second kappa shape index (κ2) is 8.41. The predicted octanol–water partition coefficient (Wildman–Crippen LogP) is 2.86. The molecule has 0 aliphatic heterocycles. The molecule has 2 aromatic rings. The first-order chi connectivity index (χ1) is 12.8. The van der Waals surface area contributed by atoms with E-state index in [1.807, 2.05) is 0 Å². The van der Waals surface area contributed by atoms with Crippen LogP contribution in [-0.2, 0) is 14.3 Å². The van der Waals surface area contributed by atoms with Gasteiger partial charge in [0.2, 0.25) is 0 Å². The lowest BCUT2D eigenvalue weighted by Gasteiger charge is -2.07. The third-order valence-electron chi connectivity index (χ3n) is 3.68. The number of methoxy groups -OCH3 is 1. The van der Waals surface area contributed by atoms with Crippen LogP contribution in [0.2, 0.25) is 0 Å². The summed E-state index contributed by atoms with van der Waals surface area (Å²) in [6, 6.07) is 5.26. The lowest BCUT2D eigenvalue weighted by Crippen LogP contribution is -2.22. The number of nitrogens with zero attached hydrogens (tertiary/aromatic N) is 1. The first kappa shape index (κ1) is 20.0. The zero-order valence-corrected chi connectivity index (χ0v) is 15.5. The average molecular weight is 392 g/mol. The van der Waals surface area contributed by atoms with Gasteiger partial charge in [0.1, 0.15) is 10.6 Å². The van der Waals surface area contributed by atoms with Gasteiger partial charge < -0.3 is 14.8 Å². The number of benzene rings is 1. The minimum atomic E-state index is -0.996. The molecule has 0 aliphatic carbocycles. The van der Waals surface area contributed by atoms with Crippen LogP contribution < -0.4 is 5.32 Å². The SMILES string of the molecule is COC(=O)c1c(NC(=O)COC(=O)c2ccccc2[N+](=O)[O-])sc(C)c1C. The molecule has 0 spiro atoms. The Bertz CT molecular complexity index is 920. The number of esters is 2. The number of carbonyl (C=O) groups excluding carboxylic acids is 3. The summed E-state index contributed by atoms with van der Waals surface area (Å²) in [5.74, 6) is -2.28. The highest BCUT2D eigenvalue weighted by molar-refractivity contribution is 7.16. The molecule has 10 heteroatoms. The van der Waals surface area contributed by atoms with Crippen molar-refractivity contribution in [1.82, 2.24) is 0 Å². The molecule has 1 aromatic heterocycles. The molecule has 0 radical (unpaired) electrons. The maximum Gasteiger partial charge on any atom is 0.345 e. The molecule has 1 amide bonds. The summed E-state index contributed by atoms with van der Waals surface area (Å²) in [5.41, 5.74) is 0.242. The van der Waals surface area contributed by atoms with Gasteiger partial charge in [0.25, 0.3) is 11.6 Å². The minimum Gasteiger partial charge on any atom is -0.465 e. The number of thiophene rings is 1. The summed E-state index contributed by atoms with van der Waals surface area (Å²) in [6.07, 6.45) is 0. The third-order valence-corrected chi connectivity index (χ3v) is 4.81. The third kappa shape index (κ3) is 4.47. The molecule has 0 aliphatic rings. The molecule has 0 fully saturated rings. The highest BCUT2D eigenvalue weighted by Gasteiger charge is 2.24. The molecule has 27 heavy (non-hydrogen) atoms. The summed E-state index contributed by atoms with van der Waals surface area (Å²) in [7, 11) is 1.23. The van der Waals surface area contributed by atoms with Crippen LogP contribution in [0.25, 0.3) is 0 Å². The predicted molar refractivity (Wildman–Crippen MR) is 97.1 cm³/mol. The van der Waals surface area contributed by atoms with Crippen LogP contribution in [0.3, 0.4) is 0 Å². The fourth-order valence-electron chi connectivity index (χ4n) is 2.24. The number of aryl methyl sites for hydroxylation is 1.